The maximum absolute atomic E-state index is 14.6. The number of carbonyl (C=O) groups is 7. The zero-order chi connectivity index (χ0) is 51.5. The van der Waals surface area contributed by atoms with Gasteiger partial charge in [0.2, 0.25) is 29.5 Å². The van der Waals surface area contributed by atoms with E-state index in [1.165, 1.54) is 24.3 Å². The van der Waals surface area contributed by atoms with E-state index in [1.807, 2.05) is 56.3 Å². The van der Waals surface area contributed by atoms with Gasteiger partial charge in [0.15, 0.2) is 0 Å². The molecule has 71 heavy (non-hydrogen) atoms. The van der Waals surface area contributed by atoms with Gasteiger partial charge in [0.25, 0.3) is 0 Å². The van der Waals surface area contributed by atoms with Crippen molar-refractivity contribution >= 4 is 60.1 Å². The summed E-state index contributed by atoms with van der Waals surface area (Å²) in [7, 11) is -2.65. The van der Waals surface area contributed by atoms with Gasteiger partial charge in [-0.3, -0.25) is 38.6 Å². The van der Waals surface area contributed by atoms with Crippen molar-refractivity contribution < 1.29 is 61.9 Å². The molecular weight excluding hydrogens is 934 g/mol. The standard InChI is InChI=1S/C52H60N5O13P/c1-33(2)27-42(53-46(58)32-37-19-22-38-17-11-12-18-39(38)28-37)48(60)55-43(29-34-13-7-5-8-14-34)50(62)56-44(30-35-15-9-6-10-16-35)51(63)57-45(31-36-20-23-40(24-21-36)70-71(65,66)67)49(61)54-41(52(64)69-4)25-26-47(59)68-3/h5-24,28,33,41-45H,25-27,29-32H2,1-4H3,(H,53,58)(H,54,61)(H,55,60)(H,56,62)(H,57,63)(H2,65,66,67)/t41-,42+,43-,44-,45-/m1/s1. The van der Waals surface area contributed by atoms with E-state index >= 15 is 0 Å². The molecule has 18 nitrogen and oxygen atoms in total. The Hall–Kier alpha value is -7.40. The van der Waals surface area contributed by atoms with E-state index in [-0.39, 0.29) is 56.6 Å². The molecule has 0 fully saturated rings. The van der Waals surface area contributed by atoms with Gasteiger partial charge in [-0.05, 0) is 63.9 Å². The molecule has 0 saturated heterocycles. The quantitative estimate of drug-likeness (QED) is 0.0320. The average molecular weight is 994 g/mol. The summed E-state index contributed by atoms with van der Waals surface area (Å²) in [5.41, 5.74) is 2.43. The number of phosphoric ester groups is 1. The molecule has 0 saturated carbocycles. The van der Waals surface area contributed by atoms with Crippen molar-refractivity contribution in [3.05, 3.63) is 150 Å². The maximum atomic E-state index is 14.6. The van der Waals surface area contributed by atoms with Crippen LogP contribution < -0.4 is 31.1 Å². The Kier molecular flexibility index (Phi) is 20.4. The summed E-state index contributed by atoms with van der Waals surface area (Å²) >= 11 is 0. The van der Waals surface area contributed by atoms with E-state index in [4.69, 9.17) is 9.47 Å². The van der Waals surface area contributed by atoms with Crippen LogP contribution in [0.25, 0.3) is 10.8 Å². The summed E-state index contributed by atoms with van der Waals surface area (Å²) in [5.74, 6) is -5.24. The summed E-state index contributed by atoms with van der Waals surface area (Å²) in [5, 5.41) is 15.7. The van der Waals surface area contributed by atoms with Crippen LogP contribution in [0.2, 0.25) is 0 Å². The molecule has 5 aromatic rings. The molecular formula is C52H60N5O13P. The van der Waals surface area contributed by atoms with Crippen molar-refractivity contribution in [2.75, 3.05) is 14.2 Å². The number of hydrogen-bond donors (Lipinski definition) is 7. The van der Waals surface area contributed by atoms with Crippen LogP contribution in [-0.4, -0.2) is 95.7 Å². The monoisotopic (exact) mass is 993 g/mol. The molecule has 376 valence electrons. The van der Waals surface area contributed by atoms with Crippen LogP contribution in [0, 0.1) is 5.92 Å². The summed E-state index contributed by atoms with van der Waals surface area (Å²) < 4.78 is 25.7. The number of fused-ring (bicyclic) bond motifs is 1. The number of benzene rings is 5. The van der Waals surface area contributed by atoms with Crippen molar-refractivity contribution in [1.29, 1.82) is 0 Å². The molecule has 5 atom stereocenters. The number of rotatable bonds is 25. The van der Waals surface area contributed by atoms with Gasteiger partial charge in [0.05, 0.1) is 20.6 Å². The van der Waals surface area contributed by atoms with Crippen LogP contribution in [0.5, 0.6) is 5.75 Å². The normalized spacial score (nSPS) is 13.3. The van der Waals surface area contributed by atoms with Gasteiger partial charge in [-0.2, -0.15) is 0 Å². The van der Waals surface area contributed by atoms with Crippen molar-refractivity contribution in [3.63, 3.8) is 0 Å². The molecule has 19 heteroatoms. The van der Waals surface area contributed by atoms with Crippen molar-refractivity contribution in [2.24, 2.45) is 5.92 Å². The molecule has 0 radical (unpaired) electrons. The minimum Gasteiger partial charge on any atom is -0.469 e. The predicted molar refractivity (Wildman–Crippen MR) is 263 cm³/mol. The van der Waals surface area contributed by atoms with Crippen LogP contribution in [0.4, 0.5) is 0 Å². The lowest BCUT2D eigenvalue weighted by Crippen LogP contribution is -2.60. The highest BCUT2D eigenvalue weighted by Gasteiger charge is 2.34. The van der Waals surface area contributed by atoms with E-state index in [0.717, 1.165) is 30.6 Å². The highest BCUT2D eigenvalue weighted by atomic mass is 31.2. The third-order valence-electron chi connectivity index (χ3n) is 11.3. The fourth-order valence-electron chi connectivity index (χ4n) is 7.71. The molecule has 0 spiro atoms. The third-order valence-corrected chi connectivity index (χ3v) is 11.7. The molecule has 5 aromatic carbocycles. The highest BCUT2D eigenvalue weighted by Crippen LogP contribution is 2.37. The second-order valence-corrected chi connectivity index (χ2v) is 18.5. The Morgan fingerprint density at radius 2 is 0.972 bits per heavy atom. The first-order valence-corrected chi connectivity index (χ1v) is 24.5. The van der Waals surface area contributed by atoms with E-state index in [2.05, 4.69) is 31.1 Å². The van der Waals surface area contributed by atoms with Gasteiger partial charge in [-0.25, -0.2) is 9.36 Å². The number of methoxy groups -OCH3 is 2. The first-order chi connectivity index (χ1) is 33.9. The molecule has 0 aliphatic heterocycles. The van der Waals surface area contributed by atoms with Gasteiger partial charge in [0.1, 0.15) is 36.0 Å². The van der Waals surface area contributed by atoms with E-state index in [1.54, 1.807) is 60.7 Å². The largest absolute Gasteiger partial charge is 0.524 e. The zero-order valence-corrected chi connectivity index (χ0v) is 40.8. The molecule has 0 aliphatic rings. The lowest BCUT2D eigenvalue weighted by molar-refractivity contribution is -0.146. The molecule has 0 unspecified atom stereocenters. The minimum absolute atomic E-state index is 0.00308. The average Bonchev–Trinajstić information content (AvgIpc) is 3.34. The predicted octanol–water partition coefficient (Wildman–Crippen LogP) is 4.18. The number of carbonyl (C=O) groups excluding carboxylic acids is 7. The SMILES string of the molecule is COC(=O)CC[C@@H](NC(=O)[C@@H](Cc1ccc(OP(=O)(O)O)cc1)NC(=O)[C@@H](Cc1ccccc1)NC(=O)[C@@H](Cc1ccccc1)NC(=O)[C@H](CC(C)C)NC(=O)Cc1ccc2ccccc2c1)C(=O)OC. The highest BCUT2D eigenvalue weighted by molar-refractivity contribution is 7.46. The Morgan fingerprint density at radius 1 is 0.521 bits per heavy atom. The van der Waals surface area contributed by atoms with Crippen LogP contribution in [-0.2, 0) is 73.3 Å². The van der Waals surface area contributed by atoms with Crippen LogP contribution >= 0.6 is 7.82 Å². The molecule has 0 heterocycles. The second-order valence-electron chi connectivity index (χ2n) is 17.3. The molecule has 7 N–H and O–H groups in total. The molecule has 0 aromatic heterocycles. The van der Waals surface area contributed by atoms with Crippen LogP contribution in [0.15, 0.2) is 127 Å². The lowest BCUT2D eigenvalue weighted by Gasteiger charge is -2.28. The van der Waals surface area contributed by atoms with Gasteiger partial charge in [-0.15, -0.1) is 0 Å². The number of phosphoric acid groups is 1. The number of hydrogen-bond acceptors (Lipinski definition) is 11. The summed E-state index contributed by atoms with van der Waals surface area (Å²) in [4.78, 5) is 115. The molecule has 0 aliphatic carbocycles. The molecule has 5 rings (SSSR count). The van der Waals surface area contributed by atoms with Gasteiger partial charge >= 0.3 is 19.8 Å². The van der Waals surface area contributed by atoms with Crippen molar-refractivity contribution in [2.45, 2.75) is 89.0 Å². The summed E-state index contributed by atoms with van der Waals surface area (Å²) in [6.45, 7) is 3.80. The van der Waals surface area contributed by atoms with E-state index in [9.17, 15) is 47.9 Å². The topological polar surface area (TPSA) is 265 Å². The Morgan fingerprint density at radius 3 is 1.45 bits per heavy atom. The van der Waals surface area contributed by atoms with E-state index in [0.29, 0.717) is 16.7 Å². The summed E-state index contributed by atoms with van der Waals surface area (Å²) in [6.07, 6.45) is -0.576. The van der Waals surface area contributed by atoms with Crippen LogP contribution in [0.3, 0.4) is 0 Å². The first-order valence-electron chi connectivity index (χ1n) is 22.9. The third kappa shape index (κ3) is 18.1. The number of amides is 5. The van der Waals surface area contributed by atoms with Gasteiger partial charge in [-0.1, -0.05) is 129 Å². The zero-order valence-electron chi connectivity index (χ0n) is 39.9. The fraction of sp³-hybridized carbons (Fsp3) is 0.327. The van der Waals surface area contributed by atoms with Crippen LogP contribution in [0.1, 0.15) is 55.4 Å². The lowest BCUT2D eigenvalue weighted by atomic mass is 9.99. The number of nitrogens with one attached hydrogen (secondary N) is 5. The van der Waals surface area contributed by atoms with Crippen molar-refractivity contribution in [3.8, 4) is 5.75 Å². The molecule has 0 bridgehead atoms. The maximum Gasteiger partial charge on any atom is 0.524 e. The second kappa shape index (κ2) is 26.5. The number of ether oxygens (including phenoxy) is 2. The Labute approximate surface area is 411 Å². The summed E-state index contributed by atoms with van der Waals surface area (Å²) in [6, 6.07) is 29.9. The van der Waals surface area contributed by atoms with E-state index < -0.39 is 79.5 Å². The minimum atomic E-state index is -4.90. The first kappa shape index (κ1) is 54.5. The Bertz CT molecular complexity index is 2660. The molecule has 5 amide bonds. The van der Waals surface area contributed by atoms with Gasteiger partial charge in [0, 0.05) is 25.7 Å². The van der Waals surface area contributed by atoms with Crippen molar-refractivity contribution in [1.82, 2.24) is 26.6 Å². The Balaban J connectivity index is 1.42. The fourth-order valence-corrected chi connectivity index (χ4v) is 8.11. The number of esters is 2. The smallest absolute Gasteiger partial charge is 0.469 e. The van der Waals surface area contributed by atoms with Gasteiger partial charge < -0.3 is 40.6 Å².